The summed E-state index contributed by atoms with van der Waals surface area (Å²) in [4.78, 5) is 19.0. The van der Waals surface area contributed by atoms with Crippen LogP contribution in [0.15, 0.2) is 24.3 Å². The van der Waals surface area contributed by atoms with Crippen molar-refractivity contribution in [3.05, 3.63) is 24.3 Å². The van der Waals surface area contributed by atoms with E-state index in [1.54, 1.807) is 0 Å². The van der Waals surface area contributed by atoms with Gasteiger partial charge < -0.3 is 19.8 Å². The Morgan fingerprint density at radius 3 is 1.00 bits per heavy atom. The predicted octanol–water partition coefficient (Wildman–Crippen LogP) is -2.29. The minimum absolute atomic E-state index is 0. The summed E-state index contributed by atoms with van der Waals surface area (Å²) in [5.41, 5.74) is 0.130. The molecule has 0 N–H and O–H groups in total. The third-order valence-corrected chi connectivity index (χ3v) is 0.697. The molecule has 0 amide bonds. The van der Waals surface area contributed by atoms with E-state index in [2.05, 4.69) is 13.2 Å². The summed E-state index contributed by atoms with van der Waals surface area (Å²) in [7, 11) is 0. The van der Waals surface area contributed by atoms with Gasteiger partial charge in [-0.05, 0) is 25.0 Å². The van der Waals surface area contributed by atoms with Gasteiger partial charge in [-0.2, -0.15) is 0 Å². The molecule has 0 aromatic rings. The molecule has 72 valence electrons. The second-order valence-electron chi connectivity index (χ2n) is 2.14. The molecule has 0 unspecified atom stereocenters. The fourth-order valence-electron chi connectivity index (χ4n) is 0. The fraction of sp³-hybridized carbons (Fsp3) is 0.250. The quantitative estimate of drug-likeness (QED) is 0.400. The predicted molar refractivity (Wildman–Crippen MR) is 48.2 cm³/mol. The standard InChI is InChI=1S/2C4H6O2.Pb.2H/c2*1-3(2)4(5)6;;;/h2*1H2,2H3,(H,5,6);;;/q;;+2;;/p-2. The molecule has 0 aliphatic rings. The Morgan fingerprint density at radius 1 is 0.923 bits per heavy atom. The van der Waals surface area contributed by atoms with Crippen LogP contribution in [0.25, 0.3) is 0 Å². The molecule has 0 saturated carbocycles. The molecule has 0 heterocycles. The zero-order valence-electron chi connectivity index (χ0n) is 7.75. The third-order valence-electron chi connectivity index (χ3n) is 0.697. The summed E-state index contributed by atoms with van der Waals surface area (Å²) in [6.07, 6.45) is 0. The van der Waals surface area contributed by atoms with Gasteiger partial charge in [-0.25, -0.2) is 0 Å². The Labute approximate surface area is 97.1 Å². The van der Waals surface area contributed by atoms with Gasteiger partial charge in [-0.1, -0.05) is 13.2 Å². The van der Waals surface area contributed by atoms with Crippen molar-refractivity contribution in [2.75, 3.05) is 0 Å². The van der Waals surface area contributed by atoms with Crippen LogP contribution >= 0.6 is 0 Å². The normalized spacial score (nSPS) is 6.92. The number of carboxylic acid groups (broad SMARTS) is 2. The molecule has 0 aliphatic heterocycles. The zero-order chi connectivity index (χ0) is 10.3. The summed E-state index contributed by atoms with van der Waals surface area (Å²) < 4.78 is 0. The van der Waals surface area contributed by atoms with Crippen LogP contribution < -0.4 is 10.2 Å². The molecule has 13 heavy (non-hydrogen) atoms. The number of hydrogen-bond donors (Lipinski definition) is 0. The van der Waals surface area contributed by atoms with Gasteiger partial charge in [-0.3, -0.25) is 0 Å². The van der Waals surface area contributed by atoms with E-state index in [9.17, 15) is 19.8 Å². The zero-order valence-corrected chi connectivity index (χ0v) is 13.3. The van der Waals surface area contributed by atoms with Crippen LogP contribution in [0.2, 0.25) is 0 Å². The van der Waals surface area contributed by atoms with Crippen molar-refractivity contribution in [2.24, 2.45) is 0 Å². The van der Waals surface area contributed by atoms with Crippen LogP contribution in [0.3, 0.4) is 0 Å². The van der Waals surface area contributed by atoms with E-state index < -0.39 is 11.9 Å². The first-order chi connectivity index (χ1) is 5.29. The summed E-state index contributed by atoms with van der Waals surface area (Å²) in [6.45, 7) is 8.95. The minimum atomic E-state index is -1.19. The summed E-state index contributed by atoms with van der Waals surface area (Å²) in [5.74, 6) is -2.37. The molecule has 0 bridgehead atoms. The van der Waals surface area contributed by atoms with E-state index >= 15 is 0 Å². The molecule has 0 aliphatic carbocycles. The first-order valence-corrected chi connectivity index (χ1v) is 3.02. The average Bonchev–Trinajstić information content (AvgIpc) is 1.88. The number of carbonyl (C=O) groups is 2. The SMILES string of the molecule is C=C(C)C(=O)[O-].C=C(C)C(=O)[O-].[PbH2+2]. The van der Waals surface area contributed by atoms with Gasteiger partial charge in [0.05, 0.1) is 11.9 Å². The van der Waals surface area contributed by atoms with Gasteiger partial charge in [0, 0.05) is 0 Å². The van der Waals surface area contributed by atoms with E-state index in [0.29, 0.717) is 0 Å². The number of hydrogen-bond acceptors (Lipinski definition) is 4. The van der Waals surface area contributed by atoms with Gasteiger partial charge in [0.2, 0.25) is 0 Å². The van der Waals surface area contributed by atoms with Gasteiger partial charge in [-0.15, -0.1) is 0 Å². The van der Waals surface area contributed by atoms with Crippen LogP contribution in [-0.4, -0.2) is 39.2 Å². The van der Waals surface area contributed by atoms with Crippen LogP contribution in [-0.2, 0) is 9.59 Å². The first kappa shape index (κ1) is 18.2. The van der Waals surface area contributed by atoms with Crippen molar-refractivity contribution in [1.29, 1.82) is 0 Å². The van der Waals surface area contributed by atoms with Crippen LogP contribution in [0.5, 0.6) is 0 Å². The maximum atomic E-state index is 9.49. The van der Waals surface area contributed by atoms with E-state index in [4.69, 9.17) is 0 Å². The molecule has 5 heteroatoms. The first-order valence-electron chi connectivity index (χ1n) is 3.02. The van der Waals surface area contributed by atoms with Crippen molar-refractivity contribution in [1.82, 2.24) is 0 Å². The van der Waals surface area contributed by atoms with Gasteiger partial charge in [0.15, 0.2) is 0 Å². The van der Waals surface area contributed by atoms with E-state index in [-0.39, 0.29) is 38.4 Å². The molecule has 0 spiro atoms. The van der Waals surface area contributed by atoms with E-state index in [1.807, 2.05) is 0 Å². The van der Waals surface area contributed by atoms with Crippen molar-refractivity contribution in [2.45, 2.75) is 13.8 Å². The summed E-state index contributed by atoms with van der Waals surface area (Å²) in [5, 5.41) is 19.0. The second kappa shape index (κ2) is 9.43. The molecule has 0 aromatic carbocycles. The monoisotopic (exact) mass is 380 g/mol. The Balaban J connectivity index is -0.000000143. The Bertz CT molecular complexity index is 172. The van der Waals surface area contributed by atoms with E-state index in [0.717, 1.165) is 0 Å². The Morgan fingerprint density at radius 2 is 1.00 bits per heavy atom. The van der Waals surface area contributed by atoms with Crippen molar-refractivity contribution < 1.29 is 19.8 Å². The molecule has 0 atom stereocenters. The van der Waals surface area contributed by atoms with Crippen LogP contribution in [0.1, 0.15) is 13.8 Å². The van der Waals surface area contributed by atoms with Crippen molar-refractivity contribution >= 4 is 39.2 Å². The molecular formula is C8H12O4Pb. The molecule has 0 saturated heterocycles. The Hall–Kier alpha value is -0.658. The van der Waals surface area contributed by atoms with Crippen LogP contribution in [0, 0.1) is 0 Å². The maximum absolute atomic E-state index is 9.49. The average molecular weight is 379 g/mol. The number of aliphatic carboxylic acids is 2. The van der Waals surface area contributed by atoms with Gasteiger partial charge in [0.25, 0.3) is 0 Å². The van der Waals surface area contributed by atoms with E-state index in [1.165, 1.54) is 13.8 Å². The Kier molecular flexibility index (Phi) is 13.2. The molecule has 0 rings (SSSR count). The molecular weight excluding hydrogens is 367 g/mol. The van der Waals surface area contributed by atoms with Gasteiger partial charge >= 0.3 is 27.3 Å². The van der Waals surface area contributed by atoms with Gasteiger partial charge in [0.1, 0.15) is 0 Å². The molecule has 0 radical (unpaired) electrons. The van der Waals surface area contributed by atoms with Crippen LogP contribution in [0.4, 0.5) is 0 Å². The van der Waals surface area contributed by atoms with Crippen molar-refractivity contribution in [3.63, 3.8) is 0 Å². The second-order valence-corrected chi connectivity index (χ2v) is 2.14. The topological polar surface area (TPSA) is 80.3 Å². The molecule has 0 aromatic heterocycles. The number of rotatable bonds is 2. The van der Waals surface area contributed by atoms with Crippen molar-refractivity contribution in [3.8, 4) is 0 Å². The summed E-state index contributed by atoms with van der Waals surface area (Å²) >= 11 is 0. The molecule has 0 fully saturated rings. The number of carboxylic acids is 2. The fourth-order valence-corrected chi connectivity index (χ4v) is 0. The third kappa shape index (κ3) is 18.4. The summed E-state index contributed by atoms with van der Waals surface area (Å²) in [6, 6.07) is 0. The molecule has 4 nitrogen and oxygen atoms in total. The number of carbonyl (C=O) groups excluding carboxylic acids is 2.